The third kappa shape index (κ3) is 3.76. The lowest BCUT2D eigenvalue weighted by Crippen LogP contribution is -2.34. The van der Waals surface area contributed by atoms with Gasteiger partial charge in [-0.1, -0.05) is 30.3 Å². The smallest absolute Gasteiger partial charge is 0.317 e. The number of ether oxygens (including phenoxy) is 1. The Morgan fingerprint density at radius 1 is 1.12 bits per heavy atom. The largest absolute Gasteiger partial charge is 0.468 e. The van der Waals surface area contributed by atoms with Crippen molar-refractivity contribution in [1.82, 2.24) is 0 Å². The second-order valence-electron chi connectivity index (χ2n) is 5.93. The molecule has 0 saturated carbocycles. The van der Waals surface area contributed by atoms with Gasteiger partial charge in [0.2, 0.25) is 0 Å². The van der Waals surface area contributed by atoms with Crippen LogP contribution in [0, 0.1) is 11.7 Å². The molecular formula is C20H18FNO3. The highest BCUT2D eigenvalue weighted by molar-refractivity contribution is 6.07. The van der Waals surface area contributed by atoms with E-state index < -0.39 is 11.9 Å². The Labute approximate surface area is 145 Å². The predicted octanol–water partition coefficient (Wildman–Crippen LogP) is 3.67. The number of anilines is 1. The number of carbonyl (C=O) groups is 2. The van der Waals surface area contributed by atoms with Gasteiger partial charge in [0.25, 0.3) is 0 Å². The van der Waals surface area contributed by atoms with E-state index in [1.807, 2.05) is 30.3 Å². The average Bonchev–Trinajstić information content (AvgIpc) is 2.63. The minimum Gasteiger partial charge on any atom is -0.468 e. The summed E-state index contributed by atoms with van der Waals surface area (Å²) in [7, 11) is 1.29. The number of hydrogen-bond acceptors (Lipinski definition) is 4. The van der Waals surface area contributed by atoms with Crippen molar-refractivity contribution in [3.8, 4) is 0 Å². The Morgan fingerprint density at radius 3 is 2.44 bits per heavy atom. The minimum atomic E-state index is -0.855. The molecule has 0 fully saturated rings. The standard InChI is InChI=1S/C20H18FNO3/c1-25-20(24)19-17(13-5-3-2-4-6-13)11-16(12-18(19)23)22-15-9-7-14(21)8-10-15/h2-10,12,17,19,22H,11H2,1H3/t17-,19+/m1/s1. The van der Waals surface area contributed by atoms with Gasteiger partial charge in [-0.2, -0.15) is 0 Å². The van der Waals surface area contributed by atoms with Crippen LogP contribution in [0.1, 0.15) is 17.9 Å². The lowest BCUT2D eigenvalue weighted by atomic mass is 9.76. The van der Waals surface area contributed by atoms with Crippen LogP contribution in [0.15, 0.2) is 66.4 Å². The summed E-state index contributed by atoms with van der Waals surface area (Å²) in [5, 5.41) is 3.14. The van der Waals surface area contributed by atoms with Crippen LogP contribution in [-0.2, 0) is 14.3 Å². The highest BCUT2D eigenvalue weighted by Crippen LogP contribution is 2.37. The van der Waals surface area contributed by atoms with Crippen molar-refractivity contribution in [2.45, 2.75) is 12.3 Å². The van der Waals surface area contributed by atoms with E-state index in [9.17, 15) is 14.0 Å². The highest BCUT2D eigenvalue weighted by atomic mass is 19.1. The number of ketones is 1. The molecular weight excluding hydrogens is 321 g/mol. The number of nitrogens with one attached hydrogen (secondary N) is 1. The molecule has 0 spiro atoms. The molecule has 1 aliphatic rings. The molecule has 2 aromatic rings. The van der Waals surface area contributed by atoms with E-state index in [-0.39, 0.29) is 17.5 Å². The SMILES string of the molecule is COC(=O)[C@@H]1C(=O)C=C(Nc2ccc(F)cc2)C[C@@H]1c1ccccc1. The van der Waals surface area contributed by atoms with E-state index in [0.717, 1.165) is 5.56 Å². The third-order valence-corrected chi connectivity index (χ3v) is 4.30. The molecule has 0 bridgehead atoms. The Hall–Kier alpha value is -2.95. The predicted molar refractivity (Wildman–Crippen MR) is 92.4 cm³/mol. The molecule has 0 saturated heterocycles. The van der Waals surface area contributed by atoms with Gasteiger partial charge in [0.15, 0.2) is 5.78 Å². The van der Waals surface area contributed by atoms with Gasteiger partial charge in [-0.3, -0.25) is 9.59 Å². The van der Waals surface area contributed by atoms with Gasteiger partial charge < -0.3 is 10.1 Å². The van der Waals surface area contributed by atoms with Gasteiger partial charge in [-0.25, -0.2) is 4.39 Å². The quantitative estimate of drug-likeness (QED) is 0.682. The van der Waals surface area contributed by atoms with Crippen LogP contribution in [0.25, 0.3) is 0 Å². The lowest BCUT2D eigenvalue weighted by Gasteiger charge is -2.29. The van der Waals surface area contributed by atoms with E-state index in [2.05, 4.69) is 5.32 Å². The Kier molecular flexibility index (Phi) is 4.93. The zero-order valence-corrected chi connectivity index (χ0v) is 13.7. The Bertz CT molecular complexity index is 799. The van der Waals surface area contributed by atoms with E-state index >= 15 is 0 Å². The maximum Gasteiger partial charge on any atom is 0.317 e. The Morgan fingerprint density at radius 2 is 1.80 bits per heavy atom. The van der Waals surface area contributed by atoms with Crippen molar-refractivity contribution in [2.75, 3.05) is 12.4 Å². The molecule has 0 unspecified atom stereocenters. The summed E-state index contributed by atoms with van der Waals surface area (Å²) in [6.45, 7) is 0. The second kappa shape index (κ2) is 7.30. The first kappa shape index (κ1) is 16.9. The van der Waals surface area contributed by atoms with Gasteiger partial charge in [-0.15, -0.1) is 0 Å². The summed E-state index contributed by atoms with van der Waals surface area (Å²) in [4.78, 5) is 24.7. The van der Waals surface area contributed by atoms with Crippen LogP contribution < -0.4 is 5.32 Å². The zero-order chi connectivity index (χ0) is 17.8. The van der Waals surface area contributed by atoms with Crippen LogP contribution in [0.2, 0.25) is 0 Å². The molecule has 0 heterocycles. The summed E-state index contributed by atoms with van der Waals surface area (Å²) >= 11 is 0. The van der Waals surface area contributed by atoms with Crippen molar-refractivity contribution >= 4 is 17.4 Å². The van der Waals surface area contributed by atoms with Crippen LogP contribution in [0.4, 0.5) is 10.1 Å². The topological polar surface area (TPSA) is 55.4 Å². The fourth-order valence-corrected chi connectivity index (χ4v) is 3.10. The molecule has 0 amide bonds. The molecule has 2 aromatic carbocycles. The number of esters is 1. The van der Waals surface area contributed by atoms with Crippen molar-refractivity contribution in [3.05, 3.63) is 77.8 Å². The van der Waals surface area contributed by atoms with Crippen LogP contribution in [0.5, 0.6) is 0 Å². The molecule has 0 aliphatic heterocycles. The maximum atomic E-state index is 13.0. The molecule has 25 heavy (non-hydrogen) atoms. The fraction of sp³-hybridized carbons (Fsp3) is 0.200. The van der Waals surface area contributed by atoms with Crippen LogP contribution in [0.3, 0.4) is 0 Å². The number of allylic oxidation sites excluding steroid dienone is 2. The number of halogens is 1. The molecule has 1 aliphatic carbocycles. The molecule has 0 aromatic heterocycles. The molecule has 1 N–H and O–H groups in total. The van der Waals surface area contributed by atoms with Gasteiger partial charge in [0.05, 0.1) is 7.11 Å². The monoisotopic (exact) mass is 339 g/mol. The summed E-state index contributed by atoms with van der Waals surface area (Å²) in [5.74, 6) is -2.32. The first-order valence-corrected chi connectivity index (χ1v) is 7.98. The van der Waals surface area contributed by atoms with E-state index in [1.165, 1.54) is 25.3 Å². The zero-order valence-electron chi connectivity index (χ0n) is 13.7. The first-order chi connectivity index (χ1) is 12.1. The van der Waals surface area contributed by atoms with Crippen LogP contribution >= 0.6 is 0 Å². The van der Waals surface area contributed by atoms with Crippen molar-refractivity contribution in [1.29, 1.82) is 0 Å². The average molecular weight is 339 g/mol. The van der Waals surface area contributed by atoms with Gasteiger partial charge in [-0.05, 0) is 36.2 Å². The number of methoxy groups -OCH3 is 1. The van der Waals surface area contributed by atoms with Crippen molar-refractivity contribution in [3.63, 3.8) is 0 Å². The van der Waals surface area contributed by atoms with E-state index in [4.69, 9.17) is 4.74 Å². The van der Waals surface area contributed by atoms with Crippen LogP contribution in [-0.4, -0.2) is 18.9 Å². The molecule has 4 nitrogen and oxygen atoms in total. The summed E-state index contributed by atoms with van der Waals surface area (Å²) in [5.41, 5.74) is 2.27. The fourth-order valence-electron chi connectivity index (χ4n) is 3.10. The number of carbonyl (C=O) groups excluding carboxylic acids is 2. The lowest BCUT2D eigenvalue weighted by molar-refractivity contribution is -0.149. The second-order valence-corrected chi connectivity index (χ2v) is 5.93. The first-order valence-electron chi connectivity index (χ1n) is 7.98. The molecule has 3 rings (SSSR count). The van der Waals surface area contributed by atoms with Gasteiger partial charge in [0, 0.05) is 23.4 Å². The molecule has 5 heteroatoms. The third-order valence-electron chi connectivity index (χ3n) is 4.30. The Balaban J connectivity index is 1.90. The van der Waals surface area contributed by atoms with Gasteiger partial charge >= 0.3 is 5.97 Å². The molecule has 2 atom stereocenters. The normalized spacial score (nSPS) is 19.9. The molecule has 0 radical (unpaired) electrons. The summed E-state index contributed by atoms with van der Waals surface area (Å²) in [6.07, 6.45) is 1.91. The number of rotatable bonds is 4. The number of hydrogen-bond donors (Lipinski definition) is 1. The van der Waals surface area contributed by atoms with E-state index in [1.54, 1.807) is 12.1 Å². The maximum absolute atomic E-state index is 13.0. The van der Waals surface area contributed by atoms with Crippen molar-refractivity contribution < 1.29 is 18.7 Å². The summed E-state index contributed by atoms with van der Waals surface area (Å²) < 4.78 is 17.9. The minimum absolute atomic E-state index is 0.295. The van der Waals surface area contributed by atoms with Crippen molar-refractivity contribution in [2.24, 2.45) is 5.92 Å². The van der Waals surface area contributed by atoms with E-state index in [0.29, 0.717) is 17.8 Å². The summed E-state index contributed by atoms with van der Waals surface area (Å²) in [6, 6.07) is 15.3. The highest BCUT2D eigenvalue weighted by Gasteiger charge is 2.39. The van der Waals surface area contributed by atoms with Gasteiger partial charge in [0.1, 0.15) is 11.7 Å². The number of benzene rings is 2. The molecule has 128 valence electrons.